The predicted molar refractivity (Wildman–Crippen MR) is 94.7 cm³/mol. The summed E-state index contributed by atoms with van der Waals surface area (Å²) in [5.41, 5.74) is 5.35. The first-order chi connectivity index (χ1) is 10.9. The van der Waals surface area contributed by atoms with Gasteiger partial charge in [-0.05, 0) is 79.4 Å². The van der Waals surface area contributed by atoms with Crippen molar-refractivity contribution in [1.82, 2.24) is 0 Å². The average molecular weight is 296 g/mol. The van der Waals surface area contributed by atoms with Crippen LogP contribution < -0.4 is 0 Å². The Kier molecular flexibility index (Phi) is 4.55. The van der Waals surface area contributed by atoms with Crippen molar-refractivity contribution in [3.05, 3.63) is 34.9 Å². The van der Waals surface area contributed by atoms with Gasteiger partial charge in [0, 0.05) is 0 Å². The minimum atomic E-state index is 0.878. The second kappa shape index (κ2) is 6.77. The third kappa shape index (κ3) is 2.86. The summed E-state index contributed by atoms with van der Waals surface area (Å²) < 4.78 is 0. The Morgan fingerprint density at radius 2 is 1.59 bits per heavy atom. The van der Waals surface area contributed by atoms with E-state index in [2.05, 4.69) is 18.2 Å². The quantitative estimate of drug-likeness (QED) is 0.464. The topological polar surface area (TPSA) is 0 Å². The Morgan fingerprint density at radius 3 is 2.55 bits per heavy atom. The van der Waals surface area contributed by atoms with E-state index in [0.29, 0.717) is 0 Å². The van der Waals surface area contributed by atoms with Crippen LogP contribution >= 0.6 is 0 Å². The van der Waals surface area contributed by atoms with Crippen molar-refractivity contribution in [2.75, 3.05) is 0 Å². The lowest BCUT2D eigenvalue weighted by atomic mass is 9.70. The zero-order valence-corrected chi connectivity index (χ0v) is 14.2. The van der Waals surface area contributed by atoms with E-state index in [0.717, 1.165) is 17.8 Å². The lowest BCUT2D eigenvalue weighted by Crippen LogP contribution is -2.25. The molecule has 0 aromatic heterocycles. The number of fused-ring (bicyclic) bond motifs is 5. The summed E-state index contributed by atoms with van der Waals surface area (Å²) in [5, 5.41) is 0. The summed E-state index contributed by atoms with van der Waals surface area (Å²) in [5.74, 6) is 2.71. The predicted octanol–water partition coefficient (Wildman–Crippen LogP) is 6.74. The molecule has 0 heterocycles. The highest BCUT2D eigenvalue weighted by molar-refractivity contribution is 5.46. The van der Waals surface area contributed by atoms with Crippen molar-refractivity contribution >= 4 is 0 Å². The van der Waals surface area contributed by atoms with Crippen molar-refractivity contribution in [2.45, 2.75) is 83.5 Å². The smallest absolute Gasteiger partial charge is 0.0125 e. The van der Waals surface area contributed by atoms with Crippen LogP contribution in [0.1, 0.15) is 83.5 Å². The molecule has 0 aromatic rings. The Balaban J connectivity index is 1.77. The van der Waals surface area contributed by atoms with E-state index in [1.807, 2.05) is 0 Å². The maximum Gasteiger partial charge on any atom is -0.0125 e. The van der Waals surface area contributed by atoms with Gasteiger partial charge in [0.15, 0.2) is 0 Å². The molecule has 0 N–H and O–H groups in total. The maximum absolute atomic E-state index is 2.78. The zero-order chi connectivity index (χ0) is 14.8. The molecule has 2 bridgehead atoms. The largest absolute Gasteiger partial charge is 0.0839 e. The second-order valence-electron chi connectivity index (χ2n) is 8.09. The van der Waals surface area contributed by atoms with Crippen molar-refractivity contribution in [2.24, 2.45) is 17.8 Å². The fourth-order valence-corrected chi connectivity index (χ4v) is 5.67. The number of rotatable bonds is 0. The van der Waals surface area contributed by atoms with Crippen molar-refractivity contribution in [3.8, 4) is 0 Å². The highest BCUT2D eigenvalue weighted by Crippen LogP contribution is 2.48. The number of allylic oxidation sites excluding steroid dienone is 6. The van der Waals surface area contributed by atoms with Gasteiger partial charge in [0.1, 0.15) is 0 Å². The molecule has 0 heteroatoms. The van der Waals surface area contributed by atoms with Crippen LogP contribution in [0.3, 0.4) is 0 Å². The first-order valence-corrected chi connectivity index (χ1v) is 10.0. The van der Waals surface area contributed by atoms with Crippen molar-refractivity contribution in [3.63, 3.8) is 0 Å². The lowest BCUT2D eigenvalue weighted by Gasteiger charge is -2.35. The molecule has 0 spiro atoms. The van der Waals surface area contributed by atoms with Crippen LogP contribution in [-0.2, 0) is 0 Å². The molecular weight excluding hydrogens is 264 g/mol. The monoisotopic (exact) mass is 296 g/mol. The Hall–Kier alpha value is -0.780. The first kappa shape index (κ1) is 14.8. The molecule has 4 aliphatic carbocycles. The van der Waals surface area contributed by atoms with Gasteiger partial charge in [-0.1, -0.05) is 56.8 Å². The fourth-order valence-electron chi connectivity index (χ4n) is 5.67. The van der Waals surface area contributed by atoms with Crippen LogP contribution in [0.4, 0.5) is 0 Å². The van der Waals surface area contributed by atoms with Gasteiger partial charge in [0.2, 0.25) is 0 Å². The number of hydrogen-bond acceptors (Lipinski definition) is 0. The Labute approximate surface area is 136 Å². The summed E-state index contributed by atoms with van der Waals surface area (Å²) in [6.07, 6.45) is 26.4. The SMILES string of the molecule is C1=CC2=C(CC1)C1=CC(CCCCC1)C1CCCCCCC21. The zero-order valence-electron chi connectivity index (χ0n) is 14.2. The summed E-state index contributed by atoms with van der Waals surface area (Å²) >= 11 is 0. The van der Waals surface area contributed by atoms with Gasteiger partial charge in [-0.15, -0.1) is 0 Å². The van der Waals surface area contributed by atoms with Gasteiger partial charge >= 0.3 is 0 Å². The van der Waals surface area contributed by atoms with E-state index in [4.69, 9.17) is 0 Å². The van der Waals surface area contributed by atoms with Crippen LogP contribution in [0.25, 0.3) is 0 Å². The lowest BCUT2D eigenvalue weighted by molar-refractivity contribution is 0.227. The molecule has 1 saturated carbocycles. The van der Waals surface area contributed by atoms with Gasteiger partial charge < -0.3 is 0 Å². The minimum absolute atomic E-state index is 0.878. The van der Waals surface area contributed by atoms with Crippen LogP contribution in [0.2, 0.25) is 0 Å². The Bertz CT molecular complexity index is 490. The normalized spacial score (nSPS) is 36.0. The molecule has 3 unspecified atom stereocenters. The summed E-state index contributed by atoms with van der Waals surface area (Å²) in [7, 11) is 0. The van der Waals surface area contributed by atoms with Crippen LogP contribution in [-0.4, -0.2) is 0 Å². The van der Waals surface area contributed by atoms with Gasteiger partial charge in [0.05, 0.1) is 0 Å². The third-order valence-electron chi connectivity index (χ3n) is 6.76. The standard InChI is InChI=1S/C22H32/c1-2-7-14-21-19(12-6-1)17-10-4-3-5-11-18(16-17)20-13-8-9-15-22(20)21/h9,15-17,19,21H,1-8,10-14H2. The second-order valence-corrected chi connectivity index (χ2v) is 8.09. The summed E-state index contributed by atoms with van der Waals surface area (Å²) in [6.45, 7) is 0. The van der Waals surface area contributed by atoms with Crippen molar-refractivity contribution in [1.29, 1.82) is 0 Å². The van der Waals surface area contributed by atoms with Crippen molar-refractivity contribution < 1.29 is 0 Å². The Morgan fingerprint density at radius 1 is 0.773 bits per heavy atom. The highest BCUT2D eigenvalue weighted by atomic mass is 14.4. The van der Waals surface area contributed by atoms with Gasteiger partial charge in [0.25, 0.3) is 0 Å². The molecule has 1 fully saturated rings. The van der Waals surface area contributed by atoms with E-state index in [9.17, 15) is 0 Å². The van der Waals surface area contributed by atoms with E-state index in [1.165, 1.54) is 83.5 Å². The van der Waals surface area contributed by atoms with E-state index < -0.39 is 0 Å². The molecule has 0 nitrogen and oxygen atoms in total. The maximum atomic E-state index is 2.78. The number of hydrogen-bond donors (Lipinski definition) is 0. The molecule has 0 radical (unpaired) electrons. The van der Waals surface area contributed by atoms with E-state index >= 15 is 0 Å². The van der Waals surface area contributed by atoms with Gasteiger partial charge in [-0.3, -0.25) is 0 Å². The summed E-state index contributed by atoms with van der Waals surface area (Å²) in [4.78, 5) is 0. The van der Waals surface area contributed by atoms with E-state index in [-0.39, 0.29) is 0 Å². The molecule has 0 aliphatic heterocycles. The summed E-state index contributed by atoms with van der Waals surface area (Å²) in [6, 6.07) is 0. The van der Waals surface area contributed by atoms with Gasteiger partial charge in [-0.25, -0.2) is 0 Å². The molecule has 3 atom stereocenters. The molecule has 4 aliphatic rings. The molecule has 4 rings (SSSR count). The molecule has 0 saturated heterocycles. The van der Waals surface area contributed by atoms with E-state index in [1.54, 1.807) is 16.7 Å². The fraction of sp³-hybridized carbons (Fsp3) is 0.727. The van der Waals surface area contributed by atoms with Crippen LogP contribution in [0.5, 0.6) is 0 Å². The first-order valence-electron chi connectivity index (χ1n) is 10.0. The van der Waals surface area contributed by atoms with Gasteiger partial charge in [-0.2, -0.15) is 0 Å². The third-order valence-corrected chi connectivity index (χ3v) is 6.76. The molecule has 22 heavy (non-hydrogen) atoms. The highest BCUT2D eigenvalue weighted by Gasteiger charge is 2.35. The minimum Gasteiger partial charge on any atom is -0.0839 e. The average Bonchev–Trinajstić information content (AvgIpc) is 2.60. The van der Waals surface area contributed by atoms with Crippen LogP contribution in [0.15, 0.2) is 34.9 Å². The molecule has 0 aromatic carbocycles. The molecule has 120 valence electrons. The molecule has 0 amide bonds. The molecular formula is C22H32. The van der Waals surface area contributed by atoms with Crippen LogP contribution in [0, 0.1) is 17.8 Å².